The van der Waals surface area contributed by atoms with Gasteiger partial charge in [0.1, 0.15) is 5.82 Å². The highest BCUT2D eigenvalue weighted by atomic mass is 35.5. The summed E-state index contributed by atoms with van der Waals surface area (Å²) in [4.78, 5) is 0. The summed E-state index contributed by atoms with van der Waals surface area (Å²) < 4.78 is 13.5. The molecule has 0 amide bonds. The molecule has 1 N–H and O–H groups in total. The van der Waals surface area contributed by atoms with Crippen molar-refractivity contribution in [2.75, 3.05) is 6.54 Å². The Morgan fingerprint density at radius 1 is 1.29 bits per heavy atom. The molecule has 1 atom stereocenters. The van der Waals surface area contributed by atoms with Gasteiger partial charge in [0.2, 0.25) is 0 Å². The van der Waals surface area contributed by atoms with Gasteiger partial charge in [-0.1, -0.05) is 37.3 Å². The molecule has 1 aromatic rings. The predicted molar refractivity (Wildman–Crippen MR) is 88.3 cm³/mol. The Labute approximate surface area is 133 Å². The van der Waals surface area contributed by atoms with E-state index in [1.54, 1.807) is 12.1 Å². The van der Waals surface area contributed by atoms with Gasteiger partial charge < -0.3 is 5.32 Å². The van der Waals surface area contributed by atoms with E-state index in [0.717, 1.165) is 24.4 Å². The predicted octanol–water partition coefficient (Wildman–Crippen LogP) is 5.22. The molecule has 21 heavy (non-hydrogen) atoms. The number of hydrogen-bond donors (Lipinski definition) is 1. The summed E-state index contributed by atoms with van der Waals surface area (Å²) in [5.41, 5.74) is 1.06. The third kappa shape index (κ3) is 5.27. The van der Waals surface area contributed by atoms with Gasteiger partial charge in [0.15, 0.2) is 0 Å². The van der Waals surface area contributed by atoms with Crippen molar-refractivity contribution in [3.8, 4) is 0 Å². The smallest absolute Gasteiger partial charge is 0.123 e. The van der Waals surface area contributed by atoms with Gasteiger partial charge in [0.25, 0.3) is 0 Å². The minimum Gasteiger partial charge on any atom is -0.312 e. The van der Waals surface area contributed by atoms with Gasteiger partial charge in [0.05, 0.1) is 0 Å². The number of halogens is 2. The summed E-state index contributed by atoms with van der Waals surface area (Å²) in [6, 6.07) is 4.71. The summed E-state index contributed by atoms with van der Waals surface area (Å²) in [5.74, 6) is 1.08. The Bertz CT molecular complexity index is 461. The fourth-order valence-electron chi connectivity index (χ4n) is 3.25. The second-order valence-electron chi connectivity index (χ2n) is 7.38. The van der Waals surface area contributed by atoms with Crippen LogP contribution in [-0.2, 0) is 6.42 Å². The van der Waals surface area contributed by atoms with Gasteiger partial charge >= 0.3 is 0 Å². The fraction of sp³-hybridized carbons (Fsp3) is 0.667. The minimum absolute atomic E-state index is 0.114. The normalized spacial score (nSPS) is 18.1. The molecule has 118 valence electrons. The van der Waals surface area contributed by atoms with E-state index in [1.165, 1.54) is 31.7 Å². The topological polar surface area (TPSA) is 12.0 Å². The molecule has 1 unspecified atom stereocenters. The highest BCUT2D eigenvalue weighted by Gasteiger charge is 2.27. The zero-order valence-corrected chi connectivity index (χ0v) is 14.1. The zero-order valence-electron chi connectivity index (χ0n) is 13.4. The molecule has 0 saturated heterocycles. The van der Waals surface area contributed by atoms with Gasteiger partial charge in [-0.2, -0.15) is 0 Å². The minimum atomic E-state index is -0.191. The summed E-state index contributed by atoms with van der Waals surface area (Å²) in [7, 11) is 0. The van der Waals surface area contributed by atoms with E-state index in [2.05, 4.69) is 26.1 Å². The van der Waals surface area contributed by atoms with Crippen LogP contribution in [0.5, 0.6) is 0 Å². The molecule has 1 nitrogen and oxygen atoms in total. The monoisotopic (exact) mass is 311 g/mol. The molecule has 0 radical (unpaired) electrons. The maximum atomic E-state index is 13.5. The SMILES string of the molecule is CC(C)(C)NCC(Cc1cc(F)ccc1Cl)C1CCCC1. The lowest BCUT2D eigenvalue weighted by Gasteiger charge is -2.29. The van der Waals surface area contributed by atoms with Crippen LogP contribution in [0.25, 0.3) is 0 Å². The Morgan fingerprint density at radius 2 is 1.95 bits per heavy atom. The van der Waals surface area contributed by atoms with E-state index in [4.69, 9.17) is 11.6 Å². The molecule has 1 fully saturated rings. The largest absolute Gasteiger partial charge is 0.312 e. The van der Waals surface area contributed by atoms with E-state index < -0.39 is 0 Å². The van der Waals surface area contributed by atoms with E-state index in [0.29, 0.717) is 10.9 Å². The van der Waals surface area contributed by atoms with Crippen LogP contribution in [0.3, 0.4) is 0 Å². The fourth-order valence-corrected chi connectivity index (χ4v) is 3.45. The van der Waals surface area contributed by atoms with Crippen molar-refractivity contribution in [3.63, 3.8) is 0 Å². The summed E-state index contributed by atoms with van der Waals surface area (Å²) in [5, 5.41) is 4.31. The van der Waals surface area contributed by atoms with Crippen LogP contribution in [0.2, 0.25) is 5.02 Å². The highest BCUT2D eigenvalue weighted by molar-refractivity contribution is 6.31. The molecule has 0 spiro atoms. The van der Waals surface area contributed by atoms with Crippen molar-refractivity contribution < 1.29 is 4.39 Å². The number of benzene rings is 1. The molecule has 1 aliphatic rings. The molecule has 0 heterocycles. The maximum Gasteiger partial charge on any atom is 0.123 e. The molecule has 1 saturated carbocycles. The van der Waals surface area contributed by atoms with Gasteiger partial charge in [0, 0.05) is 10.6 Å². The van der Waals surface area contributed by atoms with Crippen molar-refractivity contribution in [2.24, 2.45) is 11.8 Å². The van der Waals surface area contributed by atoms with Gasteiger partial charge in [-0.3, -0.25) is 0 Å². The van der Waals surface area contributed by atoms with E-state index in [-0.39, 0.29) is 11.4 Å². The number of hydrogen-bond acceptors (Lipinski definition) is 1. The zero-order chi connectivity index (χ0) is 15.5. The Morgan fingerprint density at radius 3 is 2.57 bits per heavy atom. The van der Waals surface area contributed by atoms with Crippen LogP contribution < -0.4 is 5.32 Å². The van der Waals surface area contributed by atoms with Gasteiger partial charge in [-0.25, -0.2) is 4.39 Å². The average Bonchev–Trinajstić information content (AvgIpc) is 2.91. The maximum absolute atomic E-state index is 13.5. The summed E-state index contributed by atoms with van der Waals surface area (Å²) in [6.45, 7) is 7.54. The first-order chi connectivity index (χ1) is 9.85. The third-order valence-electron chi connectivity index (χ3n) is 4.45. The van der Waals surface area contributed by atoms with Crippen LogP contribution in [0, 0.1) is 17.7 Å². The number of rotatable bonds is 5. The van der Waals surface area contributed by atoms with Crippen molar-refractivity contribution in [3.05, 3.63) is 34.6 Å². The molecular formula is C18H27ClFN. The average molecular weight is 312 g/mol. The Balaban J connectivity index is 2.09. The molecule has 3 heteroatoms. The molecule has 1 aliphatic carbocycles. The van der Waals surface area contributed by atoms with Crippen LogP contribution in [-0.4, -0.2) is 12.1 Å². The van der Waals surface area contributed by atoms with E-state index in [9.17, 15) is 4.39 Å². The molecule has 1 aromatic carbocycles. The van der Waals surface area contributed by atoms with Crippen molar-refractivity contribution >= 4 is 11.6 Å². The lowest BCUT2D eigenvalue weighted by atomic mass is 9.85. The Hall–Kier alpha value is -0.600. The quantitative estimate of drug-likeness (QED) is 0.786. The van der Waals surface area contributed by atoms with Crippen LogP contribution in [0.4, 0.5) is 4.39 Å². The highest BCUT2D eigenvalue weighted by Crippen LogP contribution is 2.34. The second-order valence-corrected chi connectivity index (χ2v) is 7.78. The van der Waals surface area contributed by atoms with E-state index >= 15 is 0 Å². The van der Waals surface area contributed by atoms with Crippen LogP contribution in [0.1, 0.15) is 52.0 Å². The second kappa shape index (κ2) is 7.11. The van der Waals surface area contributed by atoms with Crippen molar-refractivity contribution in [1.29, 1.82) is 0 Å². The lowest BCUT2D eigenvalue weighted by molar-refractivity contribution is 0.286. The third-order valence-corrected chi connectivity index (χ3v) is 4.82. The molecule has 0 aromatic heterocycles. The first-order valence-corrected chi connectivity index (χ1v) is 8.42. The molecule has 0 bridgehead atoms. The summed E-state index contributed by atoms with van der Waals surface area (Å²) >= 11 is 6.25. The molecule has 2 rings (SSSR count). The number of nitrogens with one attached hydrogen (secondary N) is 1. The first kappa shape index (κ1) is 16.8. The summed E-state index contributed by atoms with van der Waals surface area (Å²) in [6.07, 6.45) is 6.11. The van der Waals surface area contributed by atoms with E-state index in [1.807, 2.05) is 0 Å². The first-order valence-electron chi connectivity index (χ1n) is 8.04. The Kier molecular flexibility index (Phi) is 5.67. The lowest BCUT2D eigenvalue weighted by Crippen LogP contribution is -2.41. The van der Waals surface area contributed by atoms with Crippen molar-refractivity contribution in [1.82, 2.24) is 5.32 Å². The molecule has 0 aliphatic heterocycles. The standard InChI is InChI=1S/C18H27ClFN/c1-18(2,3)21-12-15(13-6-4-5-7-13)10-14-11-16(20)8-9-17(14)19/h8-9,11,13,15,21H,4-7,10,12H2,1-3H3. The van der Waals surface area contributed by atoms with Crippen LogP contribution in [0.15, 0.2) is 18.2 Å². The van der Waals surface area contributed by atoms with Gasteiger partial charge in [-0.15, -0.1) is 0 Å². The van der Waals surface area contributed by atoms with Gasteiger partial charge in [-0.05, 0) is 69.3 Å². The van der Waals surface area contributed by atoms with Crippen molar-refractivity contribution in [2.45, 2.75) is 58.4 Å². The van der Waals surface area contributed by atoms with Crippen LogP contribution >= 0.6 is 11.6 Å². The molecular weight excluding hydrogens is 285 g/mol.